The zero-order valence-electron chi connectivity index (χ0n) is 23.1. The van der Waals surface area contributed by atoms with E-state index in [2.05, 4.69) is 25.5 Å². The number of amides is 1. The first-order chi connectivity index (χ1) is 19.4. The number of likely N-dealkylation sites (tertiary alicyclic amines) is 1. The van der Waals surface area contributed by atoms with Crippen LogP contribution in [0.15, 0.2) is 30.6 Å². The van der Waals surface area contributed by atoms with E-state index in [1.54, 1.807) is 6.20 Å². The summed E-state index contributed by atoms with van der Waals surface area (Å²) >= 11 is 0. The molecule has 1 atom stereocenters. The van der Waals surface area contributed by atoms with E-state index in [0.29, 0.717) is 0 Å². The largest absolute Gasteiger partial charge is 0.396 e. The molecule has 0 bridgehead atoms. The van der Waals surface area contributed by atoms with Crippen molar-refractivity contribution in [2.24, 2.45) is 5.41 Å². The molecule has 0 aromatic carbocycles. The lowest BCUT2D eigenvalue weighted by atomic mass is 9.81. The molecule has 0 spiro atoms. The predicted molar refractivity (Wildman–Crippen MR) is 146 cm³/mol. The average Bonchev–Trinajstić information content (AvgIpc) is 3.33. The van der Waals surface area contributed by atoms with Crippen molar-refractivity contribution in [1.29, 1.82) is 0 Å². The number of aliphatic hydroxyl groups excluding tert-OH is 1. The minimum atomic E-state index is -2.82. The monoisotopic (exact) mass is 572 g/mol. The summed E-state index contributed by atoms with van der Waals surface area (Å²) in [6.45, 7) is 7.15. The summed E-state index contributed by atoms with van der Waals surface area (Å²) in [7, 11) is 0. The number of aliphatic hydroxyl groups is 2. The van der Waals surface area contributed by atoms with E-state index in [9.17, 15) is 23.8 Å². The Kier molecular flexibility index (Phi) is 6.88. The van der Waals surface area contributed by atoms with E-state index in [1.165, 1.54) is 42.6 Å². The number of carbonyl (C=O) groups is 1. The number of pyridine rings is 2. The third-order valence-corrected chi connectivity index (χ3v) is 8.65. The fourth-order valence-corrected chi connectivity index (χ4v) is 6.10. The molecule has 3 aromatic rings. The molecule has 4 N–H and O–H groups in total. The van der Waals surface area contributed by atoms with Crippen molar-refractivity contribution in [3.05, 3.63) is 59.1 Å². The number of nitrogens with one attached hydrogen (secondary N) is 2. The van der Waals surface area contributed by atoms with Gasteiger partial charge in [-0.25, -0.2) is 23.1 Å². The van der Waals surface area contributed by atoms with E-state index in [4.69, 9.17) is 0 Å². The molecule has 5 heterocycles. The van der Waals surface area contributed by atoms with Gasteiger partial charge in [-0.2, -0.15) is 0 Å². The molecule has 3 aromatic heterocycles. The molecule has 1 unspecified atom stereocenters. The van der Waals surface area contributed by atoms with E-state index >= 15 is 4.39 Å². The van der Waals surface area contributed by atoms with Gasteiger partial charge >= 0.3 is 0 Å². The van der Waals surface area contributed by atoms with Crippen molar-refractivity contribution < 1.29 is 28.2 Å². The summed E-state index contributed by atoms with van der Waals surface area (Å²) in [5.74, 6) is -5.17. The van der Waals surface area contributed by atoms with Crippen molar-refractivity contribution in [1.82, 2.24) is 24.6 Å². The van der Waals surface area contributed by atoms with Crippen LogP contribution >= 0.6 is 0 Å². The normalized spacial score (nSPS) is 22.5. The first-order valence-corrected chi connectivity index (χ1v) is 14.0. The summed E-state index contributed by atoms with van der Waals surface area (Å²) in [5.41, 5.74) is -0.982. The Morgan fingerprint density at radius 2 is 1.88 bits per heavy atom. The molecular weight excluding hydrogens is 537 g/mol. The van der Waals surface area contributed by atoms with Gasteiger partial charge in [0.2, 0.25) is 0 Å². The number of nitrogens with zero attached hydrogens (tertiary/aromatic N) is 4. The molecule has 9 nitrogen and oxygen atoms in total. The number of rotatable bonds is 8. The number of fused-ring (bicyclic) bond motifs is 1. The van der Waals surface area contributed by atoms with Gasteiger partial charge in [-0.3, -0.25) is 4.79 Å². The Morgan fingerprint density at radius 1 is 1.17 bits per heavy atom. The van der Waals surface area contributed by atoms with Crippen LogP contribution in [0.2, 0.25) is 0 Å². The lowest BCUT2D eigenvalue weighted by molar-refractivity contribution is 0.0212. The Bertz CT molecular complexity index is 1470. The van der Waals surface area contributed by atoms with Crippen LogP contribution in [0.25, 0.3) is 5.65 Å². The molecule has 1 aliphatic carbocycles. The fraction of sp³-hybridized carbons (Fsp3) is 0.552. The van der Waals surface area contributed by atoms with Gasteiger partial charge in [0.15, 0.2) is 11.5 Å². The van der Waals surface area contributed by atoms with Crippen LogP contribution < -0.4 is 10.6 Å². The van der Waals surface area contributed by atoms with Gasteiger partial charge in [-0.15, -0.1) is 0 Å². The van der Waals surface area contributed by atoms with Gasteiger partial charge in [-0.1, -0.05) is 6.07 Å². The zero-order valence-corrected chi connectivity index (χ0v) is 23.1. The van der Waals surface area contributed by atoms with Crippen LogP contribution in [-0.4, -0.2) is 80.6 Å². The molecule has 1 saturated carbocycles. The first kappa shape index (κ1) is 28.1. The van der Waals surface area contributed by atoms with Crippen molar-refractivity contribution >= 4 is 17.2 Å². The van der Waals surface area contributed by atoms with Crippen LogP contribution in [0.5, 0.6) is 0 Å². The number of aromatic nitrogens is 3. The maximum Gasteiger partial charge on any atom is 0.274 e. The molecule has 2 aliphatic heterocycles. The zero-order chi connectivity index (χ0) is 29.2. The Hall–Kier alpha value is -3.06. The van der Waals surface area contributed by atoms with Gasteiger partial charge < -0.3 is 30.1 Å². The number of imidazole rings is 1. The van der Waals surface area contributed by atoms with Crippen molar-refractivity contribution in [3.63, 3.8) is 0 Å². The summed E-state index contributed by atoms with van der Waals surface area (Å²) < 4.78 is 44.6. The molecule has 6 rings (SSSR count). The van der Waals surface area contributed by atoms with E-state index in [-0.39, 0.29) is 52.6 Å². The molecule has 12 heteroatoms. The van der Waals surface area contributed by atoms with Gasteiger partial charge in [-0.05, 0) is 51.9 Å². The molecule has 1 amide bonds. The molecule has 220 valence electrons. The van der Waals surface area contributed by atoms with E-state index in [0.717, 1.165) is 51.3 Å². The van der Waals surface area contributed by atoms with Crippen LogP contribution in [-0.2, 0) is 5.60 Å². The fourth-order valence-electron chi connectivity index (χ4n) is 6.10. The maximum atomic E-state index is 15.9. The minimum absolute atomic E-state index is 0.0404. The molecule has 0 radical (unpaired) electrons. The van der Waals surface area contributed by atoms with Gasteiger partial charge in [0.05, 0.1) is 35.2 Å². The van der Waals surface area contributed by atoms with Crippen molar-refractivity contribution in [2.75, 3.05) is 44.6 Å². The minimum Gasteiger partial charge on any atom is -0.396 e. The second kappa shape index (κ2) is 10.0. The summed E-state index contributed by atoms with van der Waals surface area (Å²) in [4.78, 5) is 24.2. The number of hydrogen-bond donors (Lipinski definition) is 4. The standard InChI is InChI=1S/C29H35F3N6O3/c1-27(2,41)23-22(36-26(40)20-5-3-4-19(34-20)18-10-29(18,31)32)12-38-11-21(35-25(38)24(23)30)17-6-8-37(9-7-17)15-28(16-39)13-33-14-28/h3-5,11-12,17-18,33,39,41H,6-10,13-16H2,1-2H3,(H,36,40). The van der Waals surface area contributed by atoms with Crippen LogP contribution in [0.1, 0.15) is 72.4 Å². The van der Waals surface area contributed by atoms with Gasteiger partial charge in [0, 0.05) is 55.3 Å². The van der Waals surface area contributed by atoms with E-state index < -0.39 is 29.2 Å². The van der Waals surface area contributed by atoms with Crippen molar-refractivity contribution in [3.8, 4) is 0 Å². The Balaban J connectivity index is 1.23. The quantitative estimate of drug-likeness (QED) is 0.328. The Morgan fingerprint density at radius 3 is 2.46 bits per heavy atom. The Labute approximate surface area is 235 Å². The van der Waals surface area contributed by atoms with Crippen LogP contribution in [0, 0.1) is 11.2 Å². The topological polar surface area (TPSA) is 115 Å². The van der Waals surface area contributed by atoms with Gasteiger partial charge in [0.25, 0.3) is 11.8 Å². The molecule has 2 saturated heterocycles. The highest BCUT2D eigenvalue weighted by molar-refractivity contribution is 6.03. The van der Waals surface area contributed by atoms with Gasteiger partial charge in [0.1, 0.15) is 5.69 Å². The van der Waals surface area contributed by atoms with Crippen LogP contribution in [0.3, 0.4) is 0 Å². The van der Waals surface area contributed by atoms with Crippen LogP contribution in [0.4, 0.5) is 18.9 Å². The SMILES string of the molecule is CC(C)(O)c1c(NC(=O)c2cccc(C3CC3(F)F)n2)cn2cc(C3CCN(CC4(CO)CNC4)CC3)nc2c1F. The van der Waals surface area contributed by atoms with Crippen molar-refractivity contribution in [2.45, 2.75) is 56.5 Å². The van der Waals surface area contributed by atoms with E-state index in [1.807, 2.05) is 0 Å². The lowest BCUT2D eigenvalue weighted by Gasteiger charge is -2.45. The average molecular weight is 573 g/mol. The maximum absolute atomic E-state index is 15.9. The summed E-state index contributed by atoms with van der Waals surface area (Å²) in [6, 6.07) is 4.36. The smallest absolute Gasteiger partial charge is 0.274 e. The molecule has 3 aliphatic rings. The second-order valence-corrected chi connectivity index (χ2v) is 12.4. The highest BCUT2D eigenvalue weighted by Crippen LogP contribution is 2.55. The number of carbonyl (C=O) groups excluding carboxylic acids is 1. The lowest BCUT2D eigenvalue weighted by Crippen LogP contribution is -2.61. The number of anilines is 1. The highest BCUT2D eigenvalue weighted by Gasteiger charge is 2.58. The molecule has 41 heavy (non-hydrogen) atoms. The third-order valence-electron chi connectivity index (χ3n) is 8.65. The number of piperidine rings is 1. The summed E-state index contributed by atoms with van der Waals surface area (Å²) in [6.07, 6.45) is 4.64. The number of alkyl halides is 2. The number of hydrogen-bond acceptors (Lipinski definition) is 7. The molecule has 3 fully saturated rings. The molecular formula is C29H35F3N6O3. The third kappa shape index (κ3) is 5.33. The predicted octanol–water partition coefficient (Wildman–Crippen LogP) is 3.23. The highest BCUT2D eigenvalue weighted by atomic mass is 19.3. The second-order valence-electron chi connectivity index (χ2n) is 12.4. The summed E-state index contributed by atoms with van der Waals surface area (Å²) in [5, 5.41) is 26.5. The first-order valence-electron chi connectivity index (χ1n) is 14.0. The number of halogens is 3.